The number of rotatable bonds is 3. The lowest BCUT2D eigenvalue weighted by molar-refractivity contribution is -0.130. The number of ether oxygens (including phenoxy) is 1. The predicted octanol–water partition coefficient (Wildman–Crippen LogP) is -0.257. The molecule has 1 aromatic heterocycles. The summed E-state index contributed by atoms with van der Waals surface area (Å²) in [5.74, 6) is 0.0335. The topological polar surface area (TPSA) is 79.8 Å². The van der Waals surface area contributed by atoms with Crippen molar-refractivity contribution in [1.82, 2.24) is 14.2 Å². The van der Waals surface area contributed by atoms with Crippen LogP contribution in [0.1, 0.15) is 5.69 Å². The third-order valence-corrected chi connectivity index (χ3v) is 5.64. The molecule has 7 nitrogen and oxygen atoms in total. The van der Waals surface area contributed by atoms with Gasteiger partial charge in [-0.2, -0.15) is 4.31 Å². The van der Waals surface area contributed by atoms with Gasteiger partial charge in [-0.15, -0.1) is 0 Å². The lowest BCUT2D eigenvalue weighted by Gasteiger charge is -2.21. The number of hydrogen-bond acceptors (Lipinski definition) is 5. The third-order valence-electron chi connectivity index (χ3n) is 4.37. The second-order valence-corrected chi connectivity index (χ2v) is 8.07. The fourth-order valence-corrected chi connectivity index (χ4v) is 4.01. The van der Waals surface area contributed by atoms with Crippen molar-refractivity contribution in [2.24, 2.45) is 5.92 Å². The second kappa shape index (κ2) is 6.54. The molecule has 3 heterocycles. The second-order valence-electron chi connectivity index (χ2n) is 6.09. The molecule has 23 heavy (non-hydrogen) atoms. The maximum atomic E-state index is 12.4. The van der Waals surface area contributed by atoms with E-state index in [4.69, 9.17) is 4.74 Å². The molecule has 2 aliphatic heterocycles. The van der Waals surface area contributed by atoms with Crippen LogP contribution in [0.2, 0.25) is 0 Å². The third kappa shape index (κ3) is 3.88. The Morgan fingerprint density at radius 1 is 1.35 bits per heavy atom. The van der Waals surface area contributed by atoms with Crippen LogP contribution >= 0.6 is 0 Å². The molecule has 2 saturated heterocycles. The maximum Gasteiger partial charge on any atom is 0.228 e. The van der Waals surface area contributed by atoms with Gasteiger partial charge in [-0.3, -0.25) is 9.78 Å². The highest BCUT2D eigenvalue weighted by atomic mass is 32.2. The lowest BCUT2D eigenvalue weighted by atomic mass is 10.1. The smallest absolute Gasteiger partial charge is 0.228 e. The van der Waals surface area contributed by atoms with Crippen molar-refractivity contribution in [3.63, 3.8) is 0 Å². The predicted molar refractivity (Wildman–Crippen MR) is 84.2 cm³/mol. The van der Waals surface area contributed by atoms with Gasteiger partial charge in [0.05, 0.1) is 25.4 Å². The average molecular weight is 339 g/mol. The molecule has 2 atom stereocenters. The molecule has 0 spiro atoms. The molecule has 0 unspecified atom stereocenters. The van der Waals surface area contributed by atoms with E-state index < -0.39 is 10.0 Å². The Hall–Kier alpha value is -1.51. The van der Waals surface area contributed by atoms with Gasteiger partial charge >= 0.3 is 0 Å². The van der Waals surface area contributed by atoms with Crippen molar-refractivity contribution >= 4 is 15.9 Å². The Morgan fingerprint density at radius 3 is 2.87 bits per heavy atom. The van der Waals surface area contributed by atoms with Crippen LogP contribution in [0.3, 0.4) is 0 Å². The molecule has 8 heteroatoms. The number of amides is 1. The van der Waals surface area contributed by atoms with E-state index in [0.717, 1.165) is 5.69 Å². The number of pyridine rings is 1. The van der Waals surface area contributed by atoms with Gasteiger partial charge in [0.15, 0.2) is 0 Å². The first-order valence-electron chi connectivity index (χ1n) is 7.68. The van der Waals surface area contributed by atoms with Crippen molar-refractivity contribution < 1.29 is 17.9 Å². The van der Waals surface area contributed by atoms with Crippen molar-refractivity contribution in [3.8, 4) is 0 Å². The summed E-state index contributed by atoms with van der Waals surface area (Å²) in [5, 5.41) is 0. The number of nitrogens with zero attached hydrogens (tertiary/aromatic N) is 3. The summed E-state index contributed by atoms with van der Waals surface area (Å²) in [5.41, 5.74) is 0.739. The summed E-state index contributed by atoms with van der Waals surface area (Å²) < 4.78 is 30.7. The molecular weight excluding hydrogens is 318 g/mol. The van der Waals surface area contributed by atoms with Gasteiger partial charge < -0.3 is 9.64 Å². The van der Waals surface area contributed by atoms with Crippen molar-refractivity contribution in [1.29, 1.82) is 0 Å². The molecule has 0 aromatic carbocycles. The minimum absolute atomic E-state index is 0.00581. The Kier molecular flexibility index (Phi) is 4.65. The summed E-state index contributed by atoms with van der Waals surface area (Å²) >= 11 is 0. The van der Waals surface area contributed by atoms with Gasteiger partial charge in [0.25, 0.3) is 0 Å². The standard InChI is InChI=1S/C15H21N3O4S/c1-23(20,21)18-6-7-22-14-11-17(9-12(14)10-18)15(19)8-13-4-2-3-5-16-13/h2-5,12,14H,6-11H2,1H3/t12-,14-/m1/s1. The first-order valence-corrected chi connectivity index (χ1v) is 9.53. The SMILES string of the molecule is CS(=O)(=O)N1CCO[C@@H]2CN(C(=O)Cc3ccccn3)C[C@@H]2C1. The Labute approximate surface area is 136 Å². The van der Waals surface area contributed by atoms with E-state index in [1.807, 2.05) is 18.2 Å². The molecule has 0 bridgehead atoms. The number of hydrogen-bond donors (Lipinski definition) is 0. The highest BCUT2D eigenvalue weighted by Crippen LogP contribution is 2.25. The van der Waals surface area contributed by atoms with Gasteiger partial charge in [0, 0.05) is 44.0 Å². The Balaban J connectivity index is 1.64. The molecule has 0 N–H and O–H groups in total. The number of fused-ring (bicyclic) bond motifs is 1. The molecule has 2 aliphatic rings. The number of aromatic nitrogens is 1. The average Bonchev–Trinajstić information content (AvgIpc) is 2.79. The van der Waals surface area contributed by atoms with Gasteiger partial charge in [-0.1, -0.05) is 6.07 Å². The lowest BCUT2D eigenvalue weighted by Crippen LogP contribution is -2.37. The molecule has 0 saturated carbocycles. The molecule has 3 rings (SSSR count). The van der Waals surface area contributed by atoms with E-state index in [9.17, 15) is 13.2 Å². The first-order chi connectivity index (χ1) is 10.9. The minimum atomic E-state index is -3.23. The number of likely N-dealkylation sites (tertiary alicyclic amines) is 1. The monoisotopic (exact) mass is 339 g/mol. The van der Waals surface area contributed by atoms with E-state index in [-0.39, 0.29) is 24.3 Å². The van der Waals surface area contributed by atoms with E-state index >= 15 is 0 Å². The fourth-order valence-electron chi connectivity index (χ4n) is 3.14. The Morgan fingerprint density at radius 2 is 2.17 bits per heavy atom. The maximum absolute atomic E-state index is 12.4. The molecule has 1 aromatic rings. The van der Waals surface area contributed by atoms with E-state index in [2.05, 4.69) is 4.98 Å². The van der Waals surface area contributed by atoms with Gasteiger partial charge in [0.2, 0.25) is 15.9 Å². The summed E-state index contributed by atoms with van der Waals surface area (Å²) in [7, 11) is -3.23. The zero-order valence-electron chi connectivity index (χ0n) is 13.1. The molecule has 2 fully saturated rings. The van der Waals surface area contributed by atoms with Crippen LogP contribution in [0, 0.1) is 5.92 Å². The summed E-state index contributed by atoms with van der Waals surface area (Å²) in [6.45, 7) is 2.22. The molecule has 0 radical (unpaired) electrons. The largest absolute Gasteiger partial charge is 0.375 e. The summed E-state index contributed by atoms with van der Waals surface area (Å²) in [6.07, 6.45) is 3.06. The van der Waals surface area contributed by atoms with Crippen LogP contribution in [-0.4, -0.2) is 73.7 Å². The van der Waals surface area contributed by atoms with Crippen molar-refractivity contribution in [3.05, 3.63) is 30.1 Å². The van der Waals surface area contributed by atoms with Crippen molar-refractivity contribution in [2.75, 3.05) is 39.0 Å². The van der Waals surface area contributed by atoms with Crippen LogP contribution in [0.25, 0.3) is 0 Å². The van der Waals surface area contributed by atoms with Crippen molar-refractivity contribution in [2.45, 2.75) is 12.5 Å². The molecule has 1 amide bonds. The van der Waals surface area contributed by atoms with Gasteiger partial charge in [-0.05, 0) is 12.1 Å². The number of carbonyl (C=O) groups excluding carboxylic acids is 1. The highest BCUT2D eigenvalue weighted by molar-refractivity contribution is 7.88. The molecule has 126 valence electrons. The van der Waals surface area contributed by atoms with E-state index in [1.165, 1.54) is 10.6 Å². The molecular formula is C15H21N3O4S. The fraction of sp³-hybridized carbons (Fsp3) is 0.600. The van der Waals surface area contributed by atoms with Gasteiger partial charge in [-0.25, -0.2) is 8.42 Å². The van der Waals surface area contributed by atoms with E-state index in [1.54, 1.807) is 11.1 Å². The van der Waals surface area contributed by atoms with Crippen LogP contribution in [0.15, 0.2) is 24.4 Å². The van der Waals surface area contributed by atoms with E-state index in [0.29, 0.717) is 32.8 Å². The Bertz CT molecular complexity index is 665. The van der Waals surface area contributed by atoms with Crippen LogP contribution in [0.4, 0.5) is 0 Å². The summed E-state index contributed by atoms with van der Waals surface area (Å²) in [4.78, 5) is 18.4. The number of sulfonamides is 1. The zero-order chi connectivity index (χ0) is 16.4. The quantitative estimate of drug-likeness (QED) is 0.758. The van der Waals surface area contributed by atoms with Crippen LogP contribution < -0.4 is 0 Å². The zero-order valence-corrected chi connectivity index (χ0v) is 13.9. The minimum Gasteiger partial charge on any atom is -0.375 e. The molecule has 0 aliphatic carbocycles. The highest BCUT2D eigenvalue weighted by Gasteiger charge is 2.39. The van der Waals surface area contributed by atoms with Crippen LogP contribution in [0.5, 0.6) is 0 Å². The van der Waals surface area contributed by atoms with Gasteiger partial charge in [0.1, 0.15) is 0 Å². The first kappa shape index (κ1) is 16.4. The normalized spacial score (nSPS) is 25.9. The number of carbonyl (C=O) groups is 1. The van der Waals surface area contributed by atoms with Crippen LogP contribution in [-0.2, 0) is 26.0 Å². The summed E-state index contributed by atoms with van der Waals surface area (Å²) in [6, 6.07) is 5.50.